The number of nitro groups is 1. The Bertz CT molecular complexity index is 1410. The third-order valence-corrected chi connectivity index (χ3v) is 9.36. The largest absolute Gasteiger partial charge is 0.456 e. The van der Waals surface area contributed by atoms with Crippen molar-refractivity contribution in [2.24, 2.45) is 11.8 Å². The van der Waals surface area contributed by atoms with Crippen LogP contribution in [0, 0.1) is 22.0 Å². The molecule has 4 atom stereocenters. The average Bonchev–Trinajstić information content (AvgIpc) is 3.50. The quantitative estimate of drug-likeness (QED) is 0.143. The number of non-ortho nitro benzene ring substituents is 1. The number of β-lactam (4-membered cyclic amide) rings is 1. The summed E-state index contributed by atoms with van der Waals surface area (Å²) in [5.74, 6) is -1.75. The molecule has 10 nitrogen and oxygen atoms in total. The first-order chi connectivity index (χ1) is 17.7. The van der Waals surface area contributed by atoms with E-state index in [4.69, 9.17) is 4.74 Å². The van der Waals surface area contributed by atoms with Gasteiger partial charge >= 0.3 is 5.97 Å². The van der Waals surface area contributed by atoms with Crippen LogP contribution in [-0.2, 0) is 20.9 Å². The molecule has 1 N–H and O–H groups in total. The number of hydrogen-bond acceptors (Lipinski definition) is 10. The molecule has 0 spiro atoms. The number of benzene rings is 1. The molecule has 194 valence electrons. The van der Waals surface area contributed by atoms with E-state index >= 15 is 0 Å². The molecule has 13 heteroatoms. The Morgan fingerprint density at radius 1 is 1.30 bits per heavy atom. The summed E-state index contributed by atoms with van der Waals surface area (Å²) in [5, 5.41) is 22.9. The molecule has 0 bridgehead atoms. The van der Waals surface area contributed by atoms with Crippen LogP contribution in [0.1, 0.15) is 24.3 Å². The minimum atomic E-state index is -0.845. The molecule has 1 saturated heterocycles. The van der Waals surface area contributed by atoms with Gasteiger partial charge < -0.3 is 14.7 Å². The van der Waals surface area contributed by atoms with Crippen molar-refractivity contribution in [2.75, 3.05) is 12.5 Å². The van der Waals surface area contributed by atoms with Crippen molar-refractivity contribution in [3.05, 3.63) is 56.7 Å². The number of amides is 1. The topological polar surface area (TPSA) is 127 Å². The van der Waals surface area contributed by atoms with Crippen molar-refractivity contribution in [1.29, 1.82) is 0 Å². The highest BCUT2D eigenvalue weighted by Gasteiger charge is 2.60. The van der Waals surface area contributed by atoms with Gasteiger partial charge in [-0.25, -0.2) is 9.78 Å². The molecule has 0 saturated carbocycles. The van der Waals surface area contributed by atoms with Crippen LogP contribution in [0.25, 0.3) is 10.4 Å². The molecule has 2 aromatic heterocycles. The fourth-order valence-electron chi connectivity index (χ4n) is 5.05. The van der Waals surface area contributed by atoms with Gasteiger partial charge in [0.2, 0.25) is 5.91 Å². The maximum atomic E-state index is 13.5. The lowest BCUT2D eigenvalue weighted by Gasteiger charge is -2.46. The number of thiazole rings is 1. The zero-order chi connectivity index (χ0) is 26.6. The minimum Gasteiger partial charge on any atom is -0.456 e. The summed E-state index contributed by atoms with van der Waals surface area (Å²) in [4.78, 5) is 44.9. The first kappa shape index (κ1) is 25.8. The number of aromatic nitrogens is 2. The summed E-state index contributed by atoms with van der Waals surface area (Å²) in [5.41, 5.74) is 1.44. The van der Waals surface area contributed by atoms with Gasteiger partial charge in [0, 0.05) is 29.8 Å². The van der Waals surface area contributed by atoms with Crippen LogP contribution < -0.4 is 0 Å². The van der Waals surface area contributed by atoms with Gasteiger partial charge in [-0.1, -0.05) is 18.7 Å². The molecule has 3 aromatic rings. The third kappa shape index (κ3) is 4.13. The lowest BCUT2D eigenvalue weighted by Crippen LogP contribution is -2.63. The number of nitro benzene ring substituents is 1. The van der Waals surface area contributed by atoms with Crippen LogP contribution in [0.2, 0.25) is 0 Å². The smallest absolute Gasteiger partial charge is 0.355 e. The van der Waals surface area contributed by atoms with Crippen LogP contribution in [0.3, 0.4) is 0 Å². The summed E-state index contributed by atoms with van der Waals surface area (Å²) in [7, 11) is 0. The number of nitrogens with zero attached hydrogens (tertiary/aromatic N) is 4. The first-order valence-electron chi connectivity index (χ1n) is 11.4. The van der Waals surface area contributed by atoms with Crippen LogP contribution >= 0.6 is 34.9 Å². The highest BCUT2D eigenvalue weighted by molar-refractivity contribution is 7.99. The standard InChI is InChI=1S/C24H24N4O6S3/c1-11-16(15-9-26-22(37-15)20(35-3)25-24(26)36-4)19(27-18(11)17(12(2)29)21(27)30)23(31)34-10-13-5-7-14(8-6-13)28(32)33/h5-9,11-12,17-18,29H,10H2,1-4H3/t11-,12+,17+,18+/m0/s1. The van der Waals surface area contributed by atoms with Gasteiger partial charge in [-0.2, -0.15) is 0 Å². The predicted octanol–water partition coefficient (Wildman–Crippen LogP) is 4.06. The van der Waals surface area contributed by atoms with Gasteiger partial charge in [-0.05, 0) is 37.1 Å². The number of imidazole rings is 1. The Morgan fingerprint density at radius 2 is 2.00 bits per heavy atom. The molecule has 37 heavy (non-hydrogen) atoms. The Labute approximate surface area is 224 Å². The zero-order valence-corrected chi connectivity index (χ0v) is 22.9. The lowest BCUT2D eigenvalue weighted by molar-refractivity contribution is -0.384. The molecule has 0 aliphatic carbocycles. The van der Waals surface area contributed by atoms with E-state index in [1.807, 2.05) is 30.0 Å². The van der Waals surface area contributed by atoms with Gasteiger partial charge in [0.15, 0.2) is 5.16 Å². The Kier molecular flexibility index (Phi) is 6.81. The molecule has 0 unspecified atom stereocenters. The monoisotopic (exact) mass is 560 g/mol. The maximum absolute atomic E-state index is 13.5. The van der Waals surface area contributed by atoms with Crippen LogP contribution in [0.4, 0.5) is 5.69 Å². The molecule has 4 heterocycles. The number of aliphatic hydroxyl groups excluding tert-OH is 1. The summed E-state index contributed by atoms with van der Waals surface area (Å²) >= 11 is 4.57. The molecule has 1 fully saturated rings. The van der Waals surface area contributed by atoms with E-state index in [2.05, 4.69) is 4.98 Å². The molecular formula is C24H24N4O6S3. The maximum Gasteiger partial charge on any atom is 0.355 e. The predicted molar refractivity (Wildman–Crippen MR) is 141 cm³/mol. The number of thioether (sulfide) groups is 2. The lowest BCUT2D eigenvalue weighted by atomic mass is 9.77. The van der Waals surface area contributed by atoms with E-state index in [9.17, 15) is 24.8 Å². The second-order valence-corrected chi connectivity index (χ2v) is 11.5. The second kappa shape index (κ2) is 9.78. The van der Waals surface area contributed by atoms with Gasteiger partial charge in [0.05, 0.1) is 27.9 Å². The number of esters is 1. The number of aliphatic hydroxyl groups is 1. The zero-order valence-electron chi connectivity index (χ0n) is 20.4. The molecule has 2 aliphatic rings. The van der Waals surface area contributed by atoms with E-state index in [0.29, 0.717) is 11.1 Å². The van der Waals surface area contributed by atoms with Crippen molar-refractivity contribution >= 4 is 62.8 Å². The van der Waals surface area contributed by atoms with Gasteiger partial charge in [-0.15, -0.1) is 23.1 Å². The molecule has 1 aromatic carbocycles. The number of hydrogen-bond donors (Lipinski definition) is 1. The Hall–Kier alpha value is -2.87. The Morgan fingerprint density at radius 3 is 2.59 bits per heavy atom. The molecule has 5 rings (SSSR count). The second-order valence-electron chi connectivity index (χ2n) is 8.89. The van der Waals surface area contributed by atoms with Gasteiger partial charge in [0.25, 0.3) is 5.69 Å². The van der Waals surface area contributed by atoms with E-state index < -0.39 is 22.9 Å². The number of rotatable bonds is 8. The van der Waals surface area contributed by atoms with Crippen molar-refractivity contribution in [1.82, 2.24) is 14.3 Å². The van der Waals surface area contributed by atoms with Crippen LogP contribution in [0.5, 0.6) is 0 Å². The number of carbonyl (C=O) groups excluding carboxylic acids is 2. The number of carbonyl (C=O) groups is 2. The average molecular weight is 561 g/mol. The van der Waals surface area contributed by atoms with Gasteiger partial charge in [-0.3, -0.25) is 19.3 Å². The number of ether oxygens (including phenoxy) is 1. The SMILES string of the molecule is CSc1nc(SC)n2cc(C3=C(C(=O)OCc4ccc([N+](=O)[O-])cc4)N4C(=O)[C@H]([C@@H](C)O)[C@H]4[C@H]3C)sc12. The highest BCUT2D eigenvalue weighted by Crippen LogP contribution is 2.52. The summed E-state index contributed by atoms with van der Waals surface area (Å²) in [6.45, 7) is 3.45. The summed E-state index contributed by atoms with van der Waals surface area (Å²) < 4.78 is 7.61. The van der Waals surface area contributed by atoms with E-state index in [0.717, 1.165) is 19.9 Å². The van der Waals surface area contributed by atoms with Crippen LogP contribution in [0.15, 0.2) is 46.3 Å². The first-order valence-corrected chi connectivity index (χ1v) is 14.7. The third-order valence-electron chi connectivity index (χ3n) is 6.78. The van der Waals surface area contributed by atoms with Crippen molar-refractivity contribution in [2.45, 2.75) is 42.8 Å². The number of fused-ring (bicyclic) bond motifs is 2. The van der Waals surface area contributed by atoms with Crippen LogP contribution in [-0.4, -0.2) is 60.8 Å². The summed E-state index contributed by atoms with van der Waals surface area (Å²) in [6, 6.07) is 5.42. The van der Waals surface area contributed by atoms with E-state index in [1.54, 1.807) is 18.7 Å². The van der Waals surface area contributed by atoms with Crippen molar-refractivity contribution in [3.8, 4) is 0 Å². The van der Waals surface area contributed by atoms with E-state index in [-0.39, 0.29) is 35.9 Å². The highest BCUT2D eigenvalue weighted by atomic mass is 32.2. The van der Waals surface area contributed by atoms with Gasteiger partial charge in [0.1, 0.15) is 22.2 Å². The molecule has 2 aliphatic heterocycles. The molecular weight excluding hydrogens is 536 g/mol. The summed E-state index contributed by atoms with van der Waals surface area (Å²) in [6.07, 6.45) is 5.01. The van der Waals surface area contributed by atoms with E-state index in [1.165, 1.54) is 52.3 Å². The molecule has 0 radical (unpaired) electrons. The Balaban J connectivity index is 1.53. The fourth-order valence-corrected chi connectivity index (χ4v) is 7.64. The minimum absolute atomic E-state index is 0.0549. The normalized spacial score (nSPS) is 21.8. The fraction of sp³-hybridized carbons (Fsp3) is 0.375. The van der Waals surface area contributed by atoms with Crippen molar-refractivity contribution in [3.63, 3.8) is 0 Å². The molecule has 1 amide bonds. The van der Waals surface area contributed by atoms with Crippen molar-refractivity contribution < 1.29 is 24.4 Å².